The Morgan fingerprint density at radius 3 is 2.83 bits per heavy atom. The van der Waals surface area contributed by atoms with Gasteiger partial charge in [-0.2, -0.15) is 0 Å². The molecule has 6 heteroatoms. The lowest BCUT2D eigenvalue weighted by Crippen LogP contribution is -2.71. The highest BCUT2D eigenvalue weighted by atomic mass is 16.5. The minimum atomic E-state index is 0.131. The fourth-order valence-corrected chi connectivity index (χ4v) is 4.08. The molecule has 1 aliphatic carbocycles. The van der Waals surface area contributed by atoms with Gasteiger partial charge in [0.2, 0.25) is 0 Å². The molecule has 128 valence electrons. The number of aliphatic imine (C=N–C) groups is 1. The van der Waals surface area contributed by atoms with E-state index in [2.05, 4.69) is 34.6 Å². The molecule has 1 aliphatic heterocycles. The molecule has 1 saturated heterocycles. The number of fused-ring (bicyclic) bond motifs is 1. The van der Waals surface area contributed by atoms with Crippen LogP contribution in [0.5, 0.6) is 0 Å². The highest BCUT2D eigenvalue weighted by Gasteiger charge is 2.58. The number of hydrogen-bond donors (Lipinski definition) is 2. The SMILES string of the molecule is CN=C(NCc1c(C)noc1C)NC1C2CCCOC2C1(C)C. The highest BCUT2D eigenvalue weighted by molar-refractivity contribution is 5.80. The third-order valence-electron chi connectivity index (χ3n) is 5.46. The maximum Gasteiger partial charge on any atom is 0.191 e. The maximum absolute atomic E-state index is 5.97. The van der Waals surface area contributed by atoms with Crippen LogP contribution in [0, 0.1) is 25.2 Å². The summed E-state index contributed by atoms with van der Waals surface area (Å²) in [7, 11) is 1.81. The van der Waals surface area contributed by atoms with Gasteiger partial charge in [0, 0.05) is 43.1 Å². The molecule has 2 heterocycles. The summed E-state index contributed by atoms with van der Waals surface area (Å²) in [6, 6.07) is 0.392. The first-order valence-corrected chi connectivity index (χ1v) is 8.45. The third kappa shape index (κ3) is 2.84. The third-order valence-corrected chi connectivity index (χ3v) is 5.46. The van der Waals surface area contributed by atoms with Crippen LogP contribution in [0.1, 0.15) is 43.7 Å². The molecule has 2 aliphatic rings. The van der Waals surface area contributed by atoms with Crippen molar-refractivity contribution < 1.29 is 9.26 Å². The Morgan fingerprint density at radius 1 is 1.39 bits per heavy atom. The minimum Gasteiger partial charge on any atom is -0.377 e. The summed E-state index contributed by atoms with van der Waals surface area (Å²) in [5.41, 5.74) is 2.15. The summed E-state index contributed by atoms with van der Waals surface area (Å²) < 4.78 is 11.2. The van der Waals surface area contributed by atoms with Gasteiger partial charge in [-0.25, -0.2) is 0 Å². The van der Waals surface area contributed by atoms with E-state index < -0.39 is 0 Å². The van der Waals surface area contributed by atoms with Crippen LogP contribution < -0.4 is 10.6 Å². The maximum atomic E-state index is 5.97. The van der Waals surface area contributed by atoms with Gasteiger partial charge in [-0.05, 0) is 26.7 Å². The van der Waals surface area contributed by atoms with Gasteiger partial charge < -0.3 is 19.9 Å². The standard InChI is InChI=1S/C17H28N4O2/c1-10-13(11(2)23-21-10)9-19-16(18-5)20-14-12-7-6-8-22-15(12)17(14,3)4/h12,14-15H,6-9H2,1-5H3,(H2,18,19,20). The number of rotatable bonds is 3. The molecule has 0 bridgehead atoms. The van der Waals surface area contributed by atoms with E-state index in [-0.39, 0.29) is 5.41 Å². The first-order chi connectivity index (χ1) is 10.9. The van der Waals surface area contributed by atoms with Gasteiger partial charge in [-0.1, -0.05) is 19.0 Å². The molecule has 2 fully saturated rings. The van der Waals surface area contributed by atoms with E-state index in [9.17, 15) is 0 Å². The molecule has 3 unspecified atom stereocenters. The quantitative estimate of drug-likeness (QED) is 0.659. The summed E-state index contributed by atoms with van der Waals surface area (Å²) in [4.78, 5) is 4.37. The van der Waals surface area contributed by atoms with Crippen molar-refractivity contribution in [1.82, 2.24) is 15.8 Å². The van der Waals surface area contributed by atoms with E-state index >= 15 is 0 Å². The zero-order valence-corrected chi connectivity index (χ0v) is 14.8. The van der Waals surface area contributed by atoms with Crippen molar-refractivity contribution >= 4 is 5.96 Å². The number of ether oxygens (including phenoxy) is 1. The molecule has 3 rings (SSSR count). The Labute approximate surface area is 138 Å². The van der Waals surface area contributed by atoms with Gasteiger partial charge in [0.05, 0.1) is 11.8 Å². The Morgan fingerprint density at radius 2 is 2.17 bits per heavy atom. The average Bonchev–Trinajstić information content (AvgIpc) is 2.86. The molecule has 3 atom stereocenters. The van der Waals surface area contributed by atoms with Crippen LogP contribution in [-0.4, -0.2) is 36.9 Å². The van der Waals surface area contributed by atoms with E-state index in [1.165, 1.54) is 6.42 Å². The average molecular weight is 320 g/mol. The van der Waals surface area contributed by atoms with Gasteiger partial charge >= 0.3 is 0 Å². The van der Waals surface area contributed by atoms with Crippen molar-refractivity contribution in [3.05, 3.63) is 17.0 Å². The smallest absolute Gasteiger partial charge is 0.191 e. The second-order valence-corrected chi connectivity index (χ2v) is 7.27. The summed E-state index contributed by atoms with van der Waals surface area (Å²) in [6.45, 7) is 10.0. The number of hydrogen-bond acceptors (Lipinski definition) is 4. The van der Waals surface area contributed by atoms with Gasteiger partial charge in [-0.3, -0.25) is 4.99 Å². The lowest BCUT2D eigenvalue weighted by atomic mass is 9.55. The van der Waals surface area contributed by atoms with Crippen LogP contribution in [-0.2, 0) is 11.3 Å². The summed E-state index contributed by atoms with van der Waals surface area (Å²) in [6.07, 6.45) is 2.75. The number of nitrogens with zero attached hydrogens (tertiary/aromatic N) is 2. The largest absolute Gasteiger partial charge is 0.377 e. The topological polar surface area (TPSA) is 71.7 Å². The molecule has 2 N–H and O–H groups in total. The Bertz CT molecular complexity index is 574. The fourth-order valence-electron chi connectivity index (χ4n) is 4.08. The van der Waals surface area contributed by atoms with E-state index in [1.54, 1.807) is 0 Å². The first kappa shape index (κ1) is 16.3. The number of aryl methyl sites for hydroxylation is 2. The number of nitrogens with one attached hydrogen (secondary N) is 2. The van der Waals surface area contributed by atoms with Gasteiger partial charge in [-0.15, -0.1) is 0 Å². The molecule has 1 saturated carbocycles. The summed E-state index contributed by atoms with van der Waals surface area (Å²) in [5, 5.41) is 11.0. The van der Waals surface area contributed by atoms with Crippen molar-refractivity contribution in [3.8, 4) is 0 Å². The fraction of sp³-hybridized carbons (Fsp3) is 0.765. The summed E-state index contributed by atoms with van der Waals surface area (Å²) in [5.74, 6) is 2.26. The number of aromatic nitrogens is 1. The molecule has 0 amide bonds. The van der Waals surface area contributed by atoms with Crippen LogP contribution in [0.2, 0.25) is 0 Å². The predicted molar refractivity (Wildman–Crippen MR) is 89.3 cm³/mol. The molecule has 23 heavy (non-hydrogen) atoms. The second-order valence-electron chi connectivity index (χ2n) is 7.27. The van der Waals surface area contributed by atoms with Crippen LogP contribution in [0.15, 0.2) is 9.52 Å². The first-order valence-electron chi connectivity index (χ1n) is 8.45. The van der Waals surface area contributed by atoms with Crippen LogP contribution in [0.3, 0.4) is 0 Å². The predicted octanol–water partition coefficient (Wildman–Crippen LogP) is 2.16. The van der Waals surface area contributed by atoms with Crippen molar-refractivity contribution in [1.29, 1.82) is 0 Å². The zero-order chi connectivity index (χ0) is 16.6. The molecule has 1 aromatic rings. The lowest BCUT2D eigenvalue weighted by molar-refractivity contribution is -0.188. The molecular weight excluding hydrogens is 292 g/mol. The van der Waals surface area contributed by atoms with Gasteiger partial charge in [0.15, 0.2) is 5.96 Å². The molecular formula is C17H28N4O2. The summed E-state index contributed by atoms with van der Waals surface area (Å²) >= 11 is 0. The van der Waals surface area contributed by atoms with Gasteiger partial charge in [0.1, 0.15) is 5.76 Å². The van der Waals surface area contributed by atoms with E-state index in [0.717, 1.165) is 36.0 Å². The van der Waals surface area contributed by atoms with Crippen molar-refractivity contribution in [2.75, 3.05) is 13.7 Å². The molecule has 0 spiro atoms. The molecule has 1 aromatic heterocycles. The van der Waals surface area contributed by atoms with Gasteiger partial charge in [0.25, 0.3) is 0 Å². The van der Waals surface area contributed by atoms with E-state index in [4.69, 9.17) is 9.26 Å². The van der Waals surface area contributed by atoms with E-state index in [0.29, 0.717) is 24.6 Å². The normalized spacial score (nSPS) is 29.6. The van der Waals surface area contributed by atoms with Crippen molar-refractivity contribution in [3.63, 3.8) is 0 Å². The molecule has 6 nitrogen and oxygen atoms in total. The Balaban J connectivity index is 1.62. The Kier molecular flexibility index (Phi) is 4.36. The van der Waals surface area contributed by atoms with Crippen molar-refractivity contribution in [2.45, 2.75) is 59.2 Å². The molecule has 0 aromatic carbocycles. The number of guanidine groups is 1. The lowest BCUT2D eigenvalue weighted by Gasteiger charge is -2.60. The van der Waals surface area contributed by atoms with Crippen LogP contribution >= 0.6 is 0 Å². The Hall–Kier alpha value is -1.56. The van der Waals surface area contributed by atoms with Crippen LogP contribution in [0.25, 0.3) is 0 Å². The monoisotopic (exact) mass is 320 g/mol. The minimum absolute atomic E-state index is 0.131. The highest BCUT2D eigenvalue weighted by Crippen LogP contribution is 2.51. The second kappa shape index (κ2) is 6.15. The van der Waals surface area contributed by atoms with Crippen molar-refractivity contribution in [2.24, 2.45) is 16.3 Å². The zero-order valence-electron chi connectivity index (χ0n) is 14.8. The van der Waals surface area contributed by atoms with Crippen LogP contribution in [0.4, 0.5) is 0 Å². The molecule has 0 radical (unpaired) electrons. The van der Waals surface area contributed by atoms with E-state index in [1.807, 2.05) is 20.9 Å².